The van der Waals surface area contributed by atoms with Crippen molar-refractivity contribution in [3.63, 3.8) is 0 Å². The van der Waals surface area contributed by atoms with Crippen molar-refractivity contribution < 1.29 is 4.74 Å². The first kappa shape index (κ1) is 11.9. The first-order valence-electron chi connectivity index (χ1n) is 5.90. The van der Waals surface area contributed by atoms with Gasteiger partial charge in [0, 0.05) is 23.3 Å². The van der Waals surface area contributed by atoms with E-state index >= 15 is 0 Å². The van der Waals surface area contributed by atoms with Crippen molar-refractivity contribution >= 4 is 22.5 Å². The predicted molar refractivity (Wildman–Crippen MR) is 75.6 cm³/mol. The molecule has 0 atom stereocenters. The number of halogens is 1. The summed E-state index contributed by atoms with van der Waals surface area (Å²) in [5, 5.41) is 0.955. The first-order valence-corrected chi connectivity index (χ1v) is 6.43. The Morgan fingerprint density at radius 2 is 1.79 bits per heavy atom. The van der Waals surface area contributed by atoms with Crippen molar-refractivity contribution in [2.75, 3.05) is 0 Å². The lowest BCUT2D eigenvalue weighted by atomic mass is 10.2. The zero-order valence-electron chi connectivity index (χ0n) is 10.1. The van der Waals surface area contributed by atoms with Gasteiger partial charge in [0.05, 0.1) is 11.4 Å². The molecule has 3 rings (SSSR count). The van der Waals surface area contributed by atoms with Crippen LogP contribution >= 0.6 is 11.6 Å². The van der Waals surface area contributed by atoms with Gasteiger partial charge < -0.3 is 4.74 Å². The highest BCUT2D eigenvalue weighted by molar-refractivity contribution is 6.17. The van der Waals surface area contributed by atoms with Gasteiger partial charge in [-0.1, -0.05) is 12.1 Å². The quantitative estimate of drug-likeness (QED) is 0.670. The molecule has 19 heavy (non-hydrogen) atoms. The van der Waals surface area contributed by atoms with E-state index in [4.69, 9.17) is 16.3 Å². The summed E-state index contributed by atoms with van der Waals surface area (Å²) in [6.45, 7) is 0. The van der Waals surface area contributed by atoms with Crippen molar-refractivity contribution in [1.82, 2.24) is 9.97 Å². The van der Waals surface area contributed by atoms with Gasteiger partial charge in [0.25, 0.3) is 0 Å². The molecule has 0 N–H and O–H groups in total. The van der Waals surface area contributed by atoms with Gasteiger partial charge >= 0.3 is 0 Å². The molecule has 0 aliphatic carbocycles. The largest absolute Gasteiger partial charge is 0.438 e. The molecule has 4 heteroatoms. The number of hydrogen-bond acceptors (Lipinski definition) is 3. The maximum Gasteiger partial charge on any atom is 0.223 e. The fourth-order valence-corrected chi connectivity index (χ4v) is 2.09. The third-order valence-electron chi connectivity index (χ3n) is 2.81. The summed E-state index contributed by atoms with van der Waals surface area (Å²) in [5.74, 6) is 1.64. The smallest absolute Gasteiger partial charge is 0.223 e. The Balaban J connectivity index is 2.06. The molecule has 2 aromatic heterocycles. The Morgan fingerprint density at radius 1 is 0.947 bits per heavy atom. The highest BCUT2D eigenvalue weighted by Crippen LogP contribution is 2.29. The van der Waals surface area contributed by atoms with Crippen LogP contribution in [0, 0.1) is 0 Å². The zero-order valence-corrected chi connectivity index (χ0v) is 10.8. The molecule has 0 spiro atoms. The number of ether oxygens (including phenoxy) is 1. The molecule has 0 aliphatic heterocycles. The van der Waals surface area contributed by atoms with E-state index in [-0.39, 0.29) is 0 Å². The van der Waals surface area contributed by atoms with Gasteiger partial charge in [0.15, 0.2) is 0 Å². The third kappa shape index (κ3) is 2.37. The minimum Gasteiger partial charge on any atom is -0.438 e. The monoisotopic (exact) mass is 270 g/mol. The van der Waals surface area contributed by atoms with Gasteiger partial charge in [-0.15, -0.1) is 11.6 Å². The van der Waals surface area contributed by atoms with Gasteiger partial charge in [-0.2, -0.15) is 0 Å². The van der Waals surface area contributed by atoms with E-state index in [1.165, 1.54) is 0 Å². The standard InChI is InChI=1S/C15H11ClN2O/c16-10-11-4-2-9-18-15(11)19-14-7-1-6-13-12(14)5-3-8-17-13/h1-9H,10H2. The molecule has 1 aromatic carbocycles. The molecule has 2 heterocycles. The summed E-state index contributed by atoms with van der Waals surface area (Å²) in [5.41, 5.74) is 1.76. The van der Waals surface area contributed by atoms with Crippen LogP contribution in [0.3, 0.4) is 0 Å². The van der Waals surface area contributed by atoms with E-state index in [2.05, 4.69) is 9.97 Å². The van der Waals surface area contributed by atoms with Crippen LogP contribution in [0.4, 0.5) is 0 Å². The SMILES string of the molecule is ClCc1cccnc1Oc1cccc2ncccc12. The first-order chi connectivity index (χ1) is 9.38. The van der Waals surface area contributed by atoms with E-state index in [1.807, 2.05) is 42.5 Å². The average Bonchev–Trinajstić information content (AvgIpc) is 2.48. The number of alkyl halides is 1. The second kappa shape index (κ2) is 5.24. The molecule has 0 saturated heterocycles. The Bertz CT molecular complexity index is 710. The van der Waals surface area contributed by atoms with Crippen molar-refractivity contribution in [2.45, 2.75) is 5.88 Å². The van der Waals surface area contributed by atoms with Gasteiger partial charge in [-0.25, -0.2) is 4.98 Å². The highest BCUT2D eigenvalue weighted by atomic mass is 35.5. The molecule has 0 unspecified atom stereocenters. The van der Waals surface area contributed by atoms with Crippen molar-refractivity contribution in [2.24, 2.45) is 0 Å². The molecule has 3 aromatic rings. The topological polar surface area (TPSA) is 35.0 Å². The van der Waals surface area contributed by atoms with Crippen LogP contribution in [0.2, 0.25) is 0 Å². The lowest BCUT2D eigenvalue weighted by Crippen LogP contribution is -1.93. The van der Waals surface area contributed by atoms with Crippen molar-refractivity contribution in [3.05, 3.63) is 60.4 Å². The van der Waals surface area contributed by atoms with E-state index in [9.17, 15) is 0 Å². The fraction of sp³-hybridized carbons (Fsp3) is 0.0667. The summed E-state index contributed by atoms with van der Waals surface area (Å²) < 4.78 is 5.88. The number of hydrogen-bond donors (Lipinski definition) is 0. The van der Waals surface area contributed by atoms with Crippen LogP contribution in [0.25, 0.3) is 10.9 Å². The number of fused-ring (bicyclic) bond motifs is 1. The Morgan fingerprint density at radius 3 is 2.68 bits per heavy atom. The highest BCUT2D eigenvalue weighted by Gasteiger charge is 2.08. The van der Waals surface area contributed by atoms with Crippen LogP contribution in [0.5, 0.6) is 11.6 Å². The van der Waals surface area contributed by atoms with Gasteiger partial charge in [-0.05, 0) is 30.3 Å². The lowest BCUT2D eigenvalue weighted by molar-refractivity contribution is 0.463. The van der Waals surface area contributed by atoms with Gasteiger partial charge in [0.2, 0.25) is 5.88 Å². The molecule has 3 nitrogen and oxygen atoms in total. The van der Waals surface area contributed by atoms with Gasteiger partial charge in [-0.3, -0.25) is 4.98 Å². The number of pyridine rings is 2. The lowest BCUT2D eigenvalue weighted by Gasteiger charge is -2.09. The van der Waals surface area contributed by atoms with E-state index < -0.39 is 0 Å². The van der Waals surface area contributed by atoms with E-state index in [1.54, 1.807) is 12.4 Å². The van der Waals surface area contributed by atoms with Crippen molar-refractivity contribution in [3.8, 4) is 11.6 Å². The second-order valence-electron chi connectivity index (χ2n) is 4.03. The van der Waals surface area contributed by atoms with Crippen LogP contribution in [0.1, 0.15) is 5.56 Å². The summed E-state index contributed by atoms with van der Waals surface area (Å²) >= 11 is 5.88. The number of benzene rings is 1. The molecule has 0 bridgehead atoms. The zero-order chi connectivity index (χ0) is 13.1. The maximum absolute atomic E-state index is 5.88. The molecular formula is C15H11ClN2O. The predicted octanol–water partition coefficient (Wildman–Crippen LogP) is 4.16. The van der Waals surface area contributed by atoms with Crippen LogP contribution < -0.4 is 4.74 Å². The number of aromatic nitrogens is 2. The summed E-state index contributed by atoms with van der Waals surface area (Å²) in [6, 6.07) is 13.4. The van der Waals surface area contributed by atoms with Crippen molar-refractivity contribution in [1.29, 1.82) is 0 Å². The fourth-order valence-electron chi connectivity index (χ4n) is 1.89. The molecular weight excluding hydrogens is 260 g/mol. The van der Waals surface area contributed by atoms with Crippen LogP contribution in [-0.2, 0) is 5.88 Å². The second-order valence-corrected chi connectivity index (χ2v) is 4.30. The summed E-state index contributed by atoms with van der Waals surface area (Å²) in [4.78, 5) is 8.52. The Labute approximate surface area is 115 Å². The van der Waals surface area contributed by atoms with Crippen LogP contribution in [0.15, 0.2) is 54.9 Å². The van der Waals surface area contributed by atoms with E-state index in [0.717, 1.165) is 22.2 Å². The summed E-state index contributed by atoms with van der Waals surface area (Å²) in [6.07, 6.45) is 3.45. The Kier molecular flexibility index (Phi) is 3.29. The van der Waals surface area contributed by atoms with Gasteiger partial charge in [0.1, 0.15) is 5.75 Å². The minimum absolute atomic E-state index is 0.367. The molecule has 0 fully saturated rings. The van der Waals surface area contributed by atoms with E-state index in [0.29, 0.717) is 11.8 Å². The number of rotatable bonds is 3. The number of nitrogens with zero attached hydrogens (tertiary/aromatic N) is 2. The molecule has 0 radical (unpaired) electrons. The normalized spacial score (nSPS) is 10.6. The molecule has 94 valence electrons. The Hall–Kier alpha value is -2.13. The molecule has 0 amide bonds. The summed E-state index contributed by atoms with van der Waals surface area (Å²) in [7, 11) is 0. The molecule has 0 aliphatic rings. The van der Waals surface area contributed by atoms with Crippen LogP contribution in [-0.4, -0.2) is 9.97 Å². The minimum atomic E-state index is 0.367. The molecule has 0 saturated carbocycles. The maximum atomic E-state index is 5.88. The third-order valence-corrected chi connectivity index (χ3v) is 3.09. The average molecular weight is 271 g/mol.